The van der Waals surface area contributed by atoms with Crippen LogP contribution in [0.2, 0.25) is 10.0 Å². The number of nitrogens with two attached hydrogens (primary N) is 1. The highest BCUT2D eigenvalue weighted by Gasteiger charge is 2.30. The predicted molar refractivity (Wildman–Crippen MR) is 121 cm³/mol. The number of aliphatic imine (C=N–C) groups is 2. The van der Waals surface area contributed by atoms with Crippen molar-refractivity contribution in [2.24, 2.45) is 15.7 Å². The highest BCUT2D eigenvalue weighted by Crippen LogP contribution is 2.30. The highest BCUT2D eigenvalue weighted by atomic mass is 35.5. The number of amidine groups is 1. The number of hydrogen-bond donors (Lipinski definition) is 3. The second kappa shape index (κ2) is 9.60. The maximum absolute atomic E-state index is 14.0. The maximum atomic E-state index is 14.0. The summed E-state index contributed by atoms with van der Waals surface area (Å²) >= 11 is 12.5. The third-order valence-electron chi connectivity index (χ3n) is 5.83. The van der Waals surface area contributed by atoms with Gasteiger partial charge in [-0.25, -0.2) is 9.37 Å². The van der Waals surface area contributed by atoms with Crippen molar-refractivity contribution in [2.75, 3.05) is 33.2 Å². The zero-order chi connectivity index (χ0) is 22.0. The normalized spacial score (nSPS) is 22.7. The minimum absolute atomic E-state index is 0.0282. The van der Waals surface area contributed by atoms with Crippen LogP contribution >= 0.6 is 23.2 Å². The monoisotopic (exact) mass is 466 g/mol. The van der Waals surface area contributed by atoms with E-state index in [1.807, 2.05) is 0 Å². The Hall–Kier alpha value is -2.07. The molecule has 11 heteroatoms. The maximum Gasteiger partial charge on any atom is 0.195 e. The molecule has 0 aliphatic carbocycles. The Morgan fingerprint density at radius 1 is 1.39 bits per heavy atom. The largest absolute Gasteiger partial charge is 0.386 e. The van der Waals surface area contributed by atoms with Crippen LogP contribution < -0.4 is 11.1 Å². The van der Waals surface area contributed by atoms with Crippen molar-refractivity contribution >= 4 is 34.7 Å². The molecule has 1 aromatic carbocycles. The van der Waals surface area contributed by atoms with Crippen molar-refractivity contribution < 1.29 is 4.39 Å². The lowest BCUT2D eigenvalue weighted by atomic mass is 10.0. The molecule has 1 aromatic heterocycles. The van der Waals surface area contributed by atoms with Crippen LogP contribution in [0.5, 0.6) is 0 Å². The molecule has 8 nitrogen and oxygen atoms in total. The van der Waals surface area contributed by atoms with Crippen LogP contribution in [0.3, 0.4) is 0 Å². The molecule has 1 saturated heterocycles. The van der Waals surface area contributed by atoms with E-state index in [1.54, 1.807) is 7.05 Å². The second-order valence-electron chi connectivity index (χ2n) is 7.72. The molecule has 1 fully saturated rings. The number of rotatable bonds is 6. The summed E-state index contributed by atoms with van der Waals surface area (Å²) in [7, 11) is 1.71. The van der Waals surface area contributed by atoms with Crippen molar-refractivity contribution in [1.29, 1.82) is 0 Å². The summed E-state index contributed by atoms with van der Waals surface area (Å²) < 4.78 is 14.0. The van der Waals surface area contributed by atoms with Crippen molar-refractivity contribution in [2.45, 2.75) is 31.3 Å². The molecule has 2 aliphatic rings. The topological polar surface area (TPSA) is 108 Å². The van der Waals surface area contributed by atoms with Gasteiger partial charge in [0, 0.05) is 49.6 Å². The number of aromatic amines is 1. The van der Waals surface area contributed by atoms with Gasteiger partial charge in [-0.1, -0.05) is 23.2 Å². The number of nitrogens with zero attached hydrogens (tertiary/aromatic N) is 5. The average Bonchev–Trinajstić information content (AvgIpc) is 3.45. The summed E-state index contributed by atoms with van der Waals surface area (Å²) in [4.78, 5) is 15.6. The molecule has 0 bridgehead atoms. The Morgan fingerprint density at radius 2 is 2.23 bits per heavy atom. The van der Waals surface area contributed by atoms with Crippen LogP contribution in [-0.4, -0.2) is 70.9 Å². The van der Waals surface area contributed by atoms with Crippen LogP contribution in [0.4, 0.5) is 4.39 Å². The minimum Gasteiger partial charge on any atom is -0.386 e. The summed E-state index contributed by atoms with van der Waals surface area (Å²) in [5.41, 5.74) is 7.53. The predicted octanol–water partition coefficient (Wildman–Crippen LogP) is 2.38. The Labute approximate surface area is 190 Å². The van der Waals surface area contributed by atoms with Crippen molar-refractivity contribution in [3.05, 3.63) is 45.2 Å². The van der Waals surface area contributed by atoms with E-state index in [9.17, 15) is 4.39 Å². The fourth-order valence-electron chi connectivity index (χ4n) is 4.04. The summed E-state index contributed by atoms with van der Waals surface area (Å²) in [6.07, 6.45) is 1.50. The Kier molecular flexibility index (Phi) is 6.86. The van der Waals surface area contributed by atoms with Crippen LogP contribution in [0.15, 0.2) is 22.1 Å². The molecule has 31 heavy (non-hydrogen) atoms. The van der Waals surface area contributed by atoms with E-state index in [0.29, 0.717) is 54.2 Å². The zero-order valence-electron chi connectivity index (χ0n) is 17.2. The SMILES string of the molecule is CN=C(CC1C(N)=NCCN1Cc1c(Cl)ccc(F)c1Cl)c1n[nH]c(C2CCNC2)n1. The first-order valence-corrected chi connectivity index (χ1v) is 11.0. The molecule has 0 spiro atoms. The van der Waals surface area contributed by atoms with E-state index in [2.05, 4.69) is 35.4 Å². The molecule has 2 unspecified atom stereocenters. The van der Waals surface area contributed by atoms with Crippen molar-refractivity contribution in [3.8, 4) is 0 Å². The van der Waals surface area contributed by atoms with Gasteiger partial charge in [-0.05, 0) is 25.1 Å². The molecular formula is C20H25Cl2FN8. The lowest BCUT2D eigenvalue weighted by molar-refractivity contribution is 0.231. The van der Waals surface area contributed by atoms with Gasteiger partial charge in [0.2, 0.25) is 0 Å². The zero-order valence-corrected chi connectivity index (χ0v) is 18.7. The smallest absolute Gasteiger partial charge is 0.195 e. The van der Waals surface area contributed by atoms with E-state index in [-0.39, 0.29) is 11.1 Å². The Morgan fingerprint density at radius 3 is 2.97 bits per heavy atom. The summed E-state index contributed by atoms with van der Waals surface area (Å²) in [5.74, 6) is 1.74. The van der Waals surface area contributed by atoms with Gasteiger partial charge in [0.05, 0.1) is 23.3 Å². The molecule has 0 radical (unpaired) electrons. The molecule has 4 rings (SSSR count). The lowest BCUT2D eigenvalue weighted by Crippen LogP contribution is -2.50. The van der Waals surface area contributed by atoms with E-state index < -0.39 is 5.82 Å². The molecule has 3 heterocycles. The molecule has 166 valence electrons. The fourth-order valence-corrected chi connectivity index (χ4v) is 4.53. The standard InChI is InChI=1S/C20H25Cl2FN8/c1-25-15(20-28-19(29-30-20)11-4-5-26-9-11)8-16-18(24)27-6-7-31(16)10-12-13(21)2-3-14(23)17(12)22/h2-3,11,16,26H,4-10H2,1H3,(H2,24,27)(H,28,29,30). The van der Waals surface area contributed by atoms with Crippen LogP contribution in [0.1, 0.15) is 36.0 Å². The summed E-state index contributed by atoms with van der Waals surface area (Å²) in [6, 6.07) is 2.53. The van der Waals surface area contributed by atoms with Gasteiger partial charge in [-0.3, -0.25) is 20.0 Å². The summed E-state index contributed by atoms with van der Waals surface area (Å²) in [6.45, 7) is 3.40. The van der Waals surface area contributed by atoms with Crippen LogP contribution in [0, 0.1) is 5.82 Å². The summed E-state index contributed by atoms with van der Waals surface area (Å²) in [5, 5.41) is 11.2. The third kappa shape index (κ3) is 4.74. The van der Waals surface area contributed by atoms with E-state index >= 15 is 0 Å². The molecule has 4 N–H and O–H groups in total. The second-order valence-corrected chi connectivity index (χ2v) is 8.51. The van der Waals surface area contributed by atoms with E-state index in [1.165, 1.54) is 12.1 Å². The van der Waals surface area contributed by atoms with Gasteiger partial charge in [0.15, 0.2) is 5.82 Å². The van der Waals surface area contributed by atoms with Gasteiger partial charge in [0.25, 0.3) is 0 Å². The lowest BCUT2D eigenvalue weighted by Gasteiger charge is -2.34. The molecule has 0 amide bonds. The minimum atomic E-state index is -0.498. The molecule has 2 aromatic rings. The number of nitrogens with one attached hydrogen (secondary N) is 2. The average molecular weight is 467 g/mol. The Bertz CT molecular complexity index is 999. The van der Waals surface area contributed by atoms with Gasteiger partial charge >= 0.3 is 0 Å². The van der Waals surface area contributed by atoms with E-state index in [4.69, 9.17) is 28.9 Å². The molecule has 2 aliphatic heterocycles. The molecule has 2 atom stereocenters. The first kappa shape index (κ1) is 22.1. The number of aromatic nitrogens is 3. The molecule has 0 saturated carbocycles. The van der Waals surface area contributed by atoms with Crippen molar-refractivity contribution in [3.63, 3.8) is 0 Å². The van der Waals surface area contributed by atoms with Gasteiger partial charge in [0.1, 0.15) is 17.5 Å². The van der Waals surface area contributed by atoms with Gasteiger partial charge in [-0.15, -0.1) is 0 Å². The van der Waals surface area contributed by atoms with Crippen molar-refractivity contribution in [1.82, 2.24) is 25.4 Å². The number of H-pyrrole nitrogens is 1. The first-order chi connectivity index (χ1) is 15.0. The fraction of sp³-hybridized carbons (Fsp3) is 0.500. The van der Waals surface area contributed by atoms with Crippen LogP contribution in [0.25, 0.3) is 0 Å². The van der Waals surface area contributed by atoms with Gasteiger partial charge in [-0.2, -0.15) is 5.10 Å². The Balaban J connectivity index is 1.55. The quantitative estimate of drug-likeness (QED) is 0.447. The van der Waals surface area contributed by atoms with Gasteiger partial charge < -0.3 is 11.1 Å². The number of benzene rings is 1. The highest BCUT2D eigenvalue weighted by molar-refractivity contribution is 6.36. The number of hydrogen-bond acceptors (Lipinski definition) is 7. The molecular weight excluding hydrogens is 442 g/mol. The first-order valence-electron chi connectivity index (χ1n) is 10.2. The van der Waals surface area contributed by atoms with Crippen LogP contribution in [-0.2, 0) is 6.54 Å². The number of halogens is 3. The third-order valence-corrected chi connectivity index (χ3v) is 6.59. The van der Waals surface area contributed by atoms with E-state index in [0.717, 1.165) is 31.0 Å².